The van der Waals surface area contributed by atoms with Gasteiger partial charge in [0.25, 0.3) is 0 Å². The average molecular weight is 315 g/mol. The van der Waals surface area contributed by atoms with Crippen LogP contribution in [0, 0.1) is 0 Å². The van der Waals surface area contributed by atoms with E-state index in [1.165, 1.54) is 7.11 Å². The first kappa shape index (κ1) is 17.9. The summed E-state index contributed by atoms with van der Waals surface area (Å²) in [5.41, 5.74) is 6.81. The fraction of sp³-hybridized carbons (Fsp3) is 0.533. The molecule has 0 aliphatic carbocycles. The normalized spacial score (nSPS) is 20.4. The van der Waals surface area contributed by atoms with Crippen molar-refractivity contribution in [3.8, 4) is 0 Å². The summed E-state index contributed by atoms with van der Waals surface area (Å²) in [5, 5.41) is 2.99. The number of carbonyl (C=O) groups is 1. The van der Waals surface area contributed by atoms with Crippen LogP contribution in [-0.4, -0.2) is 38.4 Å². The van der Waals surface area contributed by atoms with Crippen LogP contribution in [0.3, 0.4) is 0 Å². The second kappa shape index (κ2) is 9.00. The van der Waals surface area contributed by atoms with Gasteiger partial charge in [0.05, 0.1) is 18.8 Å². The van der Waals surface area contributed by atoms with Crippen LogP contribution in [-0.2, 0) is 14.3 Å². The number of carbonyl (C=O) groups excluding carboxylic acids is 1. The number of hydrogen-bond acceptors (Lipinski definition) is 4. The highest BCUT2D eigenvalue weighted by atomic mass is 35.5. The summed E-state index contributed by atoms with van der Waals surface area (Å²) in [6.45, 7) is 0.951. The quantitative estimate of drug-likeness (QED) is 0.833. The summed E-state index contributed by atoms with van der Waals surface area (Å²) in [6, 6.07) is 9.04. The van der Waals surface area contributed by atoms with E-state index >= 15 is 0 Å². The van der Waals surface area contributed by atoms with Gasteiger partial charge in [-0.2, -0.15) is 0 Å². The largest absolute Gasteiger partial charge is 0.383 e. The Bertz CT molecular complexity index is 424. The van der Waals surface area contributed by atoms with E-state index in [1.807, 2.05) is 30.3 Å². The van der Waals surface area contributed by atoms with Crippen LogP contribution in [0.2, 0.25) is 0 Å². The molecule has 1 saturated heterocycles. The highest BCUT2D eigenvalue weighted by Crippen LogP contribution is 2.26. The van der Waals surface area contributed by atoms with E-state index in [0.29, 0.717) is 0 Å². The monoisotopic (exact) mass is 314 g/mol. The van der Waals surface area contributed by atoms with Gasteiger partial charge in [-0.25, -0.2) is 0 Å². The first-order valence-corrected chi connectivity index (χ1v) is 6.94. The Kier molecular flexibility index (Phi) is 7.67. The molecule has 6 heteroatoms. The Morgan fingerprint density at radius 3 is 2.76 bits per heavy atom. The molecule has 0 saturated carbocycles. The summed E-state index contributed by atoms with van der Waals surface area (Å²) in [5.74, 6) is -0.212. The molecule has 3 atom stereocenters. The fourth-order valence-corrected chi connectivity index (χ4v) is 2.43. The molecule has 1 aliphatic heterocycles. The summed E-state index contributed by atoms with van der Waals surface area (Å²) < 4.78 is 10.6. The maximum atomic E-state index is 12.1. The van der Waals surface area contributed by atoms with E-state index in [4.69, 9.17) is 15.2 Å². The second-order valence-electron chi connectivity index (χ2n) is 5.01. The molecule has 1 aromatic carbocycles. The number of halogens is 1. The summed E-state index contributed by atoms with van der Waals surface area (Å²) in [6.07, 6.45) is 1.98. The van der Waals surface area contributed by atoms with Crippen LogP contribution in [0.4, 0.5) is 0 Å². The molecule has 1 fully saturated rings. The first-order valence-electron chi connectivity index (χ1n) is 6.94. The van der Waals surface area contributed by atoms with Gasteiger partial charge in [0.15, 0.2) is 0 Å². The summed E-state index contributed by atoms with van der Waals surface area (Å²) >= 11 is 0. The molecule has 118 valence electrons. The van der Waals surface area contributed by atoms with Gasteiger partial charge in [-0.15, -0.1) is 12.4 Å². The lowest BCUT2D eigenvalue weighted by Crippen LogP contribution is -2.47. The van der Waals surface area contributed by atoms with Gasteiger partial charge in [-0.3, -0.25) is 4.79 Å². The highest BCUT2D eigenvalue weighted by Gasteiger charge is 2.29. The molecule has 1 aliphatic rings. The van der Waals surface area contributed by atoms with Gasteiger partial charge in [0, 0.05) is 13.7 Å². The predicted octanol–water partition coefficient (Wildman–Crippen LogP) is 1.42. The number of benzene rings is 1. The predicted molar refractivity (Wildman–Crippen MR) is 83.4 cm³/mol. The molecular weight excluding hydrogens is 292 g/mol. The smallest absolute Gasteiger partial charge is 0.239 e. The van der Waals surface area contributed by atoms with Crippen molar-refractivity contribution in [3.63, 3.8) is 0 Å². The lowest BCUT2D eigenvalue weighted by Gasteiger charge is -2.26. The fourth-order valence-electron chi connectivity index (χ4n) is 2.43. The first-order chi connectivity index (χ1) is 9.72. The molecule has 2 rings (SSSR count). The SMILES string of the molecule is COCC(N)C(=O)NC(c1ccccc1)C1CCCO1.Cl. The average Bonchev–Trinajstić information content (AvgIpc) is 2.99. The van der Waals surface area contributed by atoms with Crippen LogP contribution in [0.5, 0.6) is 0 Å². The van der Waals surface area contributed by atoms with Gasteiger partial charge >= 0.3 is 0 Å². The lowest BCUT2D eigenvalue weighted by atomic mass is 9.99. The Hall–Kier alpha value is -1.14. The molecular formula is C15H23ClN2O3. The third-order valence-electron chi connectivity index (χ3n) is 3.48. The van der Waals surface area contributed by atoms with E-state index in [2.05, 4.69) is 5.32 Å². The summed E-state index contributed by atoms with van der Waals surface area (Å²) in [4.78, 5) is 12.1. The Labute approximate surface area is 131 Å². The van der Waals surface area contributed by atoms with Crippen molar-refractivity contribution in [3.05, 3.63) is 35.9 Å². The highest BCUT2D eigenvalue weighted by molar-refractivity contribution is 5.85. The van der Waals surface area contributed by atoms with Crippen LogP contribution in [0.25, 0.3) is 0 Å². The third-order valence-corrected chi connectivity index (χ3v) is 3.48. The Morgan fingerprint density at radius 1 is 1.48 bits per heavy atom. The number of rotatable bonds is 6. The third kappa shape index (κ3) is 4.97. The van der Waals surface area contributed by atoms with Crippen molar-refractivity contribution in [2.45, 2.75) is 31.0 Å². The number of hydrogen-bond donors (Lipinski definition) is 2. The second-order valence-corrected chi connectivity index (χ2v) is 5.01. The van der Waals surface area contributed by atoms with Crippen molar-refractivity contribution >= 4 is 18.3 Å². The molecule has 3 unspecified atom stereocenters. The van der Waals surface area contributed by atoms with Gasteiger partial charge in [0.1, 0.15) is 6.04 Å². The minimum atomic E-state index is -0.660. The van der Waals surface area contributed by atoms with Gasteiger partial charge in [-0.05, 0) is 18.4 Å². The zero-order chi connectivity index (χ0) is 14.4. The molecule has 1 heterocycles. The minimum absolute atomic E-state index is 0. The standard InChI is InChI=1S/C15H22N2O3.ClH/c1-19-10-12(16)15(18)17-14(13-8-5-9-20-13)11-6-3-2-4-7-11;/h2-4,6-7,12-14H,5,8-10,16H2,1H3,(H,17,18);1H. The maximum absolute atomic E-state index is 12.1. The van der Waals surface area contributed by atoms with Gasteiger partial charge < -0.3 is 20.5 Å². The number of methoxy groups -OCH3 is 1. The molecule has 21 heavy (non-hydrogen) atoms. The van der Waals surface area contributed by atoms with Crippen molar-refractivity contribution in [1.29, 1.82) is 0 Å². The summed E-state index contributed by atoms with van der Waals surface area (Å²) in [7, 11) is 1.53. The van der Waals surface area contributed by atoms with E-state index in [0.717, 1.165) is 25.0 Å². The molecule has 0 bridgehead atoms. The van der Waals surface area contributed by atoms with Crippen molar-refractivity contribution in [1.82, 2.24) is 5.32 Å². The topological polar surface area (TPSA) is 73.6 Å². The number of nitrogens with one attached hydrogen (secondary N) is 1. The maximum Gasteiger partial charge on any atom is 0.239 e. The number of amides is 1. The van der Waals surface area contributed by atoms with Crippen LogP contribution in [0.1, 0.15) is 24.4 Å². The van der Waals surface area contributed by atoms with Crippen LogP contribution in [0.15, 0.2) is 30.3 Å². The molecule has 0 spiro atoms. The molecule has 1 amide bonds. The van der Waals surface area contributed by atoms with Gasteiger partial charge in [0.2, 0.25) is 5.91 Å². The van der Waals surface area contributed by atoms with Crippen molar-refractivity contribution < 1.29 is 14.3 Å². The molecule has 0 radical (unpaired) electrons. The zero-order valence-corrected chi connectivity index (χ0v) is 13.0. The Morgan fingerprint density at radius 2 is 2.19 bits per heavy atom. The van der Waals surface area contributed by atoms with E-state index in [-0.39, 0.29) is 37.1 Å². The van der Waals surface area contributed by atoms with Crippen LogP contribution < -0.4 is 11.1 Å². The molecule has 1 aromatic rings. The van der Waals surface area contributed by atoms with Crippen molar-refractivity contribution in [2.75, 3.05) is 20.3 Å². The van der Waals surface area contributed by atoms with E-state index in [9.17, 15) is 4.79 Å². The number of nitrogens with two attached hydrogens (primary N) is 1. The van der Waals surface area contributed by atoms with E-state index in [1.54, 1.807) is 0 Å². The molecule has 3 N–H and O–H groups in total. The minimum Gasteiger partial charge on any atom is -0.383 e. The van der Waals surface area contributed by atoms with Crippen molar-refractivity contribution in [2.24, 2.45) is 5.73 Å². The zero-order valence-electron chi connectivity index (χ0n) is 12.2. The lowest BCUT2D eigenvalue weighted by molar-refractivity contribution is -0.125. The molecule has 5 nitrogen and oxygen atoms in total. The van der Waals surface area contributed by atoms with Gasteiger partial charge in [-0.1, -0.05) is 30.3 Å². The van der Waals surface area contributed by atoms with E-state index < -0.39 is 6.04 Å². The van der Waals surface area contributed by atoms with Crippen LogP contribution >= 0.6 is 12.4 Å². The Balaban J connectivity index is 0.00000220. The number of ether oxygens (including phenoxy) is 2. The molecule has 0 aromatic heterocycles.